The van der Waals surface area contributed by atoms with Crippen LogP contribution in [0.15, 0.2) is 36.7 Å². The lowest BCUT2D eigenvalue weighted by atomic mass is 10.1. The zero-order chi connectivity index (χ0) is 12.1. The standard InChI is InChI=1S/C13H14N2O2/c1-10-4-2-5-11(8-16)13(10)17-9-12-14-6-3-7-15-12/h2-7,16H,8-9H2,1H3. The fourth-order valence-corrected chi connectivity index (χ4v) is 1.59. The smallest absolute Gasteiger partial charge is 0.166 e. The molecule has 0 amide bonds. The van der Waals surface area contributed by atoms with Gasteiger partial charge in [0, 0.05) is 18.0 Å². The zero-order valence-electron chi connectivity index (χ0n) is 9.63. The number of hydrogen-bond donors (Lipinski definition) is 1. The van der Waals surface area contributed by atoms with Crippen molar-refractivity contribution in [3.05, 3.63) is 53.6 Å². The van der Waals surface area contributed by atoms with E-state index in [0.717, 1.165) is 11.1 Å². The predicted octanol–water partition coefficient (Wildman–Crippen LogP) is 1.86. The number of aliphatic hydroxyl groups is 1. The van der Waals surface area contributed by atoms with E-state index in [4.69, 9.17) is 4.74 Å². The van der Waals surface area contributed by atoms with Gasteiger partial charge in [0.1, 0.15) is 12.4 Å². The Morgan fingerprint density at radius 1 is 1.18 bits per heavy atom. The average Bonchev–Trinajstić information content (AvgIpc) is 2.38. The summed E-state index contributed by atoms with van der Waals surface area (Å²) < 4.78 is 5.66. The van der Waals surface area contributed by atoms with E-state index in [1.54, 1.807) is 18.5 Å². The number of rotatable bonds is 4. The summed E-state index contributed by atoms with van der Waals surface area (Å²) in [6, 6.07) is 7.44. The third-order valence-corrected chi connectivity index (χ3v) is 2.43. The summed E-state index contributed by atoms with van der Waals surface area (Å²) in [6.07, 6.45) is 3.35. The van der Waals surface area contributed by atoms with Crippen molar-refractivity contribution >= 4 is 0 Å². The molecule has 2 aromatic rings. The van der Waals surface area contributed by atoms with Gasteiger partial charge in [0.15, 0.2) is 5.82 Å². The Labute approximate surface area is 99.9 Å². The first-order chi connectivity index (χ1) is 8.31. The molecular formula is C13H14N2O2. The molecule has 0 aliphatic rings. The predicted molar refractivity (Wildman–Crippen MR) is 63.5 cm³/mol. The van der Waals surface area contributed by atoms with Gasteiger partial charge in [0.05, 0.1) is 6.61 Å². The fourth-order valence-electron chi connectivity index (χ4n) is 1.59. The number of aromatic nitrogens is 2. The van der Waals surface area contributed by atoms with Crippen molar-refractivity contribution in [1.29, 1.82) is 0 Å². The van der Waals surface area contributed by atoms with Crippen LogP contribution in [0.1, 0.15) is 17.0 Å². The highest BCUT2D eigenvalue weighted by atomic mass is 16.5. The monoisotopic (exact) mass is 230 g/mol. The molecule has 0 atom stereocenters. The average molecular weight is 230 g/mol. The number of para-hydroxylation sites is 1. The Kier molecular flexibility index (Phi) is 3.67. The number of benzene rings is 1. The first kappa shape index (κ1) is 11.5. The first-order valence-electron chi connectivity index (χ1n) is 5.39. The molecule has 2 rings (SSSR count). The summed E-state index contributed by atoms with van der Waals surface area (Å²) in [4.78, 5) is 8.16. The van der Waals surface area contributed by atoms with Gasteiger partial charge in [-0.15, -0.1) is 0 Å². The molecule has 1 N–H and O–H groups in total. The van der Waals surface area contributed by atoms with Crippen LogP contribution < -0.4 is 4.74 Å². The van der Waals surface area contributed by atoms with E-state index in [9.17, 15) is 5.11 Å². The quantitative estimate of drug-likeness (QED) is 0.871. The molecule has 4 heteroatoms. The van der Waals surface area contributed by atoms with Crippen LogP contribution in [0, 0.1) is 6.92 Å². The molecule has 1 heterocycles. The largest absolute Gasteiger partial charge is 0.485 e. The second-order valence-corrected chi connectivity index (χ2v) is 3.67. The molecule has 0 bridgehead atoms. The van der Waals surface area contributed by atoms with Crippen molar-refractivity contribution in [3.63, 3.8) is 0 Å². The van der Waals surface area contributed by atoms with Crippen LogP contribution in [0.5, 0.6) is 5.75 Å². The molecule has 0 aliphatic carbocycles. The van der Waals surface area contributed by atoms with E-state index >= 15 is 0 Å². The summed E-state index contributed by atoms with van der Waals surface area (Å²) in [6.45, 7) is 2.21. The second-order valence-electron chi connectivity index (χ2n) is 3.67. The lowest BCUT2D eigenvalue weighted by Gasteiger charge is -2.11. The molecule has 0 aliphatic heterocycles. The number of hydrogen-bond acceptors (Lipinski definition) is 4. The van der Waals surface area contributed by atoms with Gasteiger partial charge in [0.2, 0.25) is 0 Å². The first-order valence-corrected chi connectivity index (χ1v) is 5.39. The third-order valence-electron chi connectivity index (χ3n) is 2.43. The Balaban J connectivity index is 2.14. The molecule has 1 aromatic carbocycles. The highest BCUT2D eigenvalue weighted by molar-refractivity contribution is 5.40. The van der Waals surface area contributed by atoms with Gasteiger partial charge in [-0.25, -0.2) is 9.97 Å². The minimum absolute atomic E-state index is 0.0351. The van der Waals surface area contributed by atoms with Crippen LogP contribution in [-0.2, 0) is 13.2 Å². The Hall–Kier alpha value is -1.94. The van der Waals surface area contributed by atoms with E-state index in [1.165, 1.54) is 0 Å². The molecule has 88 valence electrons. The van der Waals surface area contributed by atoms with Crippen molar-refractivity contribution < 1.29 is 9.84 Å². The van der Waals surface area contributed by atoms with Gasteiger partial charge in [0.25, 0.3) is 0 Å². The molecular weight excluding hydrogens is 216 g/mol. The van der Waals surface area contributed by atoms with Gasteiger partial charge in [-0.2, -0.15) is 0 Å². The van der Waals surface area contributed by atoms with Gasteiger partial charge < -0.3 is 9.84 Å². The number of nitrogens with zero attached hydrogens (tertiary/aromatic N) is 2. The van der Waals surface area contributed by atoms with Gasteiger partial charge in [-0.05, 0) is 18.6 Å². The molecule has 17 heavy (non-hydrogen) atoms. The number of aryl methyl sites for hydroxylation is 1. The lowest BCUT2D eigenvalue weighted by molar-refractivity contribution is 0.254. The normalized spacial score (nSPS) is 10.2. The molecule has 0 unspecified atom stereocenters. The molecule has 0 radical (unpaired) electrons. The van der Waals surface area contributed by atoms with Gasteiger partial charge >= 0.3 is 0 Å². The summed E-state index contributed by atoms with van der Waals surface area (Å²) in [5.41, 5.74) is 1.77. The van der Waals surface area contributed by atoms with E-state index in [1.807, 2.05) is 25.1 Å². The van der Waals surface area contributed by atoms with Crippen LogP contribution in [-0.4, -0.2) is 15.1 Å². The van der Waals surface area contributed by atoms with E-state index in [2.05, 4.69) is 9.97 Å². The fraction of sp³-hybridized carbons (Fsp3) is 0.231. The minimum Gasteiger partial charge on any atom is -0.485 e. The zero-order valence-corrected chi connectivity index (χ0v) is 9.63. The molecule has 0 saturated heterocycles. The van der Waals surface area contributed by atoms with E-state index in [0.29, 0.717) is 18.2 Å². The Bertz CT molecular complexity index is 486. The maximum atomic E-state index is 9.23. The molecule has 0 spiro atoms. The van der Waals surface area contributed by atoms with Crippen LogP contribution in [0.2, 0.25) is 0 Å². The summed E-state index contributed by atoms with van der Waals surface area (Å²) >= 11 is 0. The van der Waals surface area contributed by atoms with E-state index in [-0.39, 0.29) is 6.61 Å². The molecule has 4 nitrogen and oxygen atoms in total. The summed E-state index contributed by atoms with van der Waals surface area (Å²) in [7, 11) is 0. The van der Waals surface area contributed by atoms with E-state index < -0.39 is 0 Å². The van der Waals surface area contributed by atoms with Crippen molar-refractivity contribution in [2.24, 2.45) is 0 Å². The number of ether oxygens (including phenoxy) is 1. The highest BCUT2D eigenvalue weighted by Crippen LogP contribution is 2.23. The molecule has 0 fully saturated rings. The van der Waals surface area contributed by atoms with Crippen molar-refractivity contribution in [1.82, 2.24) is 9.97 Å². The Morgan fingerprint density at radius 3 is 2.65 bits per heavy atom. The van der Waals surface area contributed by atoms with Crippen LogP contribution in [0.3, 0.4) is 0 Å². The highest BCUT2D eigenvalue weighted by Gasteiger charge is 2.06. The van der Waals surface area contributed by atoms with Gasteiger partial charge in [-0.3, -0.25) is 0 Å². The third kappa shape index (κ3) is 2.79. The van der Waals surface area contributed by atoms with Gasteiger partial charge in [-0.1, -0.05) is 18.2 Å². The van der Waals surface area contributed by atoms with Crippen molar-refractivity contribution in [3.8, 4) is 5.75 Å². The van der Waals surface area contributed by atoms with Crippen molar-refractivity contribution in [2.45, 2.75) is 20.1 Å². The molecule has 1 aromatic heterocycles. The van der Waals surface area contributed by atoms with Crippen LogP contribution >= 0.6 is 0 Å². The van der Waals surface area contributed by atoms with Crippen molar-refractivity contribution in [2.75, 3.05) is 0 Å². The SMILES string of the molecule is Cc1cccc(CO)c1OCc1ncccn1. The molecule has 0 saturated carbocycles. The topological polar surface area (TPSA) is 55.2 Å². The minimum atomic E-state index is -0.0351. The summed E-state index contributed by atoms with van der Waals surface area (Å²) in [5, 5.41) is 9.23. The maximum Gasteiger partial charge on any atom is 0.166 e. The maximum absolute atomic E-state index is 9.23. The van der Waals surface area contributed by atoms with Crippen LogP contribution in [0.4, 0.5) is 0 Å². The Morgan fingerprint density at radius 2 is 1.94 bits per heavy atom. The lowest BCUT2D eigenvalue weighted by Crippen LogP contribution is -2.03. The number of aliphatic hydroxyl groups excluding tert-OH is 1. The second kappa shape index (κ2) is 5.41. The summed E-state index contributed by atoms with van der Waals surface area (Å²) in [5.74, 6) is 1.34. The van der Waals surface area contributed by atoms with Crippen LogP contribution in [0.25, 0.3) is 0 Å².